The lowest BCUT2D eigenvalue weighted by molar-refractivity contribution is 0.103. The van der Waals surface area contributed by atoms with Gasteiger partial charge in [0.05, 0.1) is 18.5 Å². The number of hydrogen-bond acceptors (Lipinski definition) is 3. The Balaban J connectivity index is 1.56. The first-order valence-electron chi connectivity index (χ1n) is 11.8. The second kappa shape index (κ2) is 8.73. The van der Waals surface area contributed by atoms with Gasteiger partial charge in [-0.3, -0.25) is 4.79 Å². The fourth-order valence-corrected chi connectivity index (χ4v) is 5.14. The molecule has 170 valence electrons. The van der Waals surface area contributed by atoms with E-state index in [9.17, 15) is 4.79 Å². The lowest BCUT2D eigenvalue weighted by Crippen LogP contribution is -2.37. The highest BCUT2D eigenvalue weighted by molar-refractivity contribution is 6.09. The topological polar surface area (TPSA) is 44.1 Å². The zero-order valence-corrected chi connectivity index (χ0v) is 19.2. The highest BCUT2D eigenvalue weighted by Crippen LogP contribution is 2.41. The van der Waals surface area contributed by atoms with Gasteiger partial charge >= 0.3 is 0 Å². The molecule has 6 rings (SSSR count). The molecule has 0 N–H and O–H groups in total. The van der Waals surface area contributed by atoms with Crippen LogP contribution in [0.2, 0.25) is 0 Å². The van der Waals surface area contributed by atoms with Crippen LogP contribution >= 0.6 is 0 Å². The number of ketones is 1. The summed E-state index contributed by atoms with van der Waals surface area (Å²) in [7, 11) is 0. The molecule has 35 heavy (non-hydrogen) atoms. The molecule has 0 aliphatic carbocycles. The Morgan fingerprint density at radius 2 is 1.31 bits per heavy atom. The first kappa shape index (κ1) is 21.1. The standard InChI is InChI=1S/C31H24N2O2/c34-29(27-18-10-11-23-19-20-35-30(23)27)28-21-33(22-32-28)31(24-12-4-1-5-13-24,25-14-6-2-7-15-25)26-16-8-3-9-17-26/h1-18,21-22H,19-20H2. The van der Waals surface area contributed by atoms with Crippen molar-refractivity contribution in [3.63, 3.8) is 0 Å². The summed E-state index contributed by atoms with van der Waals surface area (Å²) in [6.07, 6.45) is 4.46. The number of carbonyl (C=O) groups is 1. The van der Waals surface area contributed by atoms with Crippen molar-refractivity contribution in [2.45, 2.75) is 12.0 Å². The highest BCUT2D eigenvalue weighted by Gasteiger charge is 2.38. The summed E-state index contributed by atoms with van der Waals surface area (Å²) in [5, 5.41) is 0. The van der Waals surface area contributed by atoms with Gasteiger partial charge in [0.25, 0.3) is 0 Å². The molecule has 0 unspecified atom stereocenters. The van der Waals surface area contributed by atoms with E-state index in [1.54, 1.807) is 6.33 Å². The molecule has 2 heterocycles. The van der Waals surface area contributed by atoms with E-state index in [0.29, 0.717) is 23.6 Å². The number of benzene rings is 4. The van der Waals surface area contributed by atoms with Gasteiger partial charge in [0.2, 0.25) is 5.78 Å². The van der Waals surface area contributed by atoms with Crippen LogP contribution in [-0.2, 0) is 12.0 Å². The minimum absolute atomic E-state index is 0.134. The van der Waals surface area contributed by atoms with Crippen LogP contribution in [0.3, 0.4) is 0 Å². The van der Waals surface area contributed by atoms with Gasteiger partial charge in [0.15, 0.2) is 0 Å². The molecule has 5 aromatic rings. The predicted octanol–water partition coefficient (Wildman–Crippen LogP) is 5.89. The molecule has 4 nitrogen and oxygen atoms in total. The van der Waals surface area contributed by atoms with Crippen molar-refractivity contribution in [1.82, 2.24) is 9.55 Å². The second-order valence-electron chi connectivity index (χ2n) is 8.70. The molecule has 0 radical (unpaired) electrons. The largest absolute Gasteiger partial charge is 0.492 e. The van der Waals surface area contributed by atoms with Gasteiger partial charge in [-0.2, -0.15) is 0 Å². The van der Waals surface area contributed by atoms with E-state index in [-0.39, 0.29) is 5.78 Å². The number of ether oxygens (including phenoxy) is 1. The van der Waals surface area contributed by atoms with Gasteiger partial charge in [-0.1, -0.05) is 103 Å². The number of imidazole rings is 1. The maximum absolute atomic E-state index is 13.6. The van der Waals surface area contributed by atoms with Crippen LogP contribution in [0.25, 0.3) is 0 Å². The van der Waals surface area contributed by atoms with Gasteiger partial charge in [-0.15, -0.1) is 0 Å². The van der Waals surface area contributed by atoms with Crippen LogP contribution in [0.5, 0.6) is 5.75 Å². The number of nitrogens with zero attached hydrogens (tertiary/aromatic N) is 2. The average molecular weight is 457 g/mol. The van der Waals surface area contributed by atoms with Crippen molar-refractivity contribution in [1.29, 1.82) is 0 Å². The predicted molar refractivity (Wildman–Crippen MR) is 136 cm³/mol. The fourth-order valence-electron chi connectivity index (χ4n) is 5.14. The molecule has 1 aromatic heterocycles. The molecule has 0 saturated heterocycles. The SMILES string of the molecule is O=C(c1cn(C(c2ccccc2)(c2ccccc2)c2ccccc2)cn1)c1cccc2c1OCC2. The summed E-state index contributed by atoms with van der Waals surface area (Å²) < 4.78 is 7.86. The normalized spacial score (nSPS) is 12.7. The van der Waals surface area contributed by atoms with Crippen molar-refractivity contribution in [2.75, 3.05) is 6.61 Å². The molecule has 0 fully saturated rings. The third-order valence-corrected chi connectivity index (χ3v) is 6.74. The molecule has 0 bridgehead atoms. The van der Waals surface area contributed by atoms with Crippen LogP contribution in [0.15, 0.2) is 122 Å². The minimum atomic E-state index is -0.704. The summed E-state index contributed by atoms with van der Waals surface area (Å²) in [5.41, 5.74) is 4.57. The molecule has 1 aliphatic rings. The number of fused-ring (bicyclic) bond motifs is 1. The Morgan fingerprint density at radius 1 is 0.743 bits per heavy atom. The third-order valence-electron chi connectivity index (χ3n) is 6.74. The number of hydrogen-bond donors (Lipinski definition) is 0. The zero-order valence-electron chi connectivity index (χ0n) is 19.2. The molecule has 0 atom stereocenters. The second-order valence-corrected chi connectivity index (χ2v) is 8.70. The van der Waals surface area contributed by atoms with Gasteiger partial charge in [-0.05, 0) is 28.3 Å². The average Bonchev–Trinajstić information content (AvgIpc) is 3.61. The Morgan fingerprint density at radius 3 is 1.89 bits per heavy atom. The monoisotopic (exact) mass is 456 g/mol. The van der Waals surface area contributed by atoms with Crippen LogP contribution in [0.4, 0.5) is 0 Å². The smallest absolute Gasteiger partial charge is 0.216 e. The van der Waals surface area contributed by atoms with E-state index in [4.69, 9.17) is 4.74 Å². The minimum Gasteiger partial charge on any atom is -0.492 e. The summed E-state index contributed by atoms with van der Waals surface area (Å²) >= 11 is 0. The van der Waals surface area contributed by atoms with Crippen molar-refractivity contribution >= 4 is 5.78 Å². The van der Waals surface area contributed by atoms with E-state index >= 15 is 0 Å². The van der Waals surface area contributed by atoms with Gasteiger partial charge in [0, 0.05) is 12.6 Å². The third kappa shape index (κ3) is 3.46. The quantitative estimate of drug-likeness (QED) is 0.236. The molecule has 0 saturated carbocycles. The van der Waals surface area contributed by atoms with Gasteiger partial charge in [0.1, 0.15) is 17.0 Å². The lowest BCUT2D eigenvalue weighted by atomic mass is 9.77. The maximum Gasteiger partial charge on any atom is 0.216 e. The van der Waals surface area contributed by atoms with Gasteiger partial charge in [-0.25, -0.2) is 4.98 Å². The summed E-state index contributed by atoms with van der Waals surface area (Å²) in [6.45, 7) is 0.604. The van der Waals surface area contributed by atoms with Crippen molar-refractivity contribution in [2.24, 2.45) is 0 Å². The number of aromatic nitrogens is 2. The molecular formula is C31H24N2O2. The molecule has 4 aromatic carbocycles. The summed E-state index contributed by atoms with van der Waals surface area (Å²) in [5.74, 6) is 0.554. The number of carbonyl (C=O) groups excluding carboxylic acids is 1. The van der Waals surface area contributed by atoms with Crippen LogP contribution in [0, 0.1) is 0 Å². The first-order chi connectivity index (χ1) is 17.3. The highest BCUT2D eigenvalue weighted by atomic mass is 16.5. The van der Waals surface area contributed by atoms with E-state index in [1.165, 1.54) is 0 Å². The molecular weight excluding hydrogens is 432 g/mol. The van der Waals surface area contributed by atoms with Crippen LogP contribution in [-0.4, -0.2) is 21.9 Å². The Labute approximate surface area is 204 Å². The first-order valence-corrected chi connectivity index (χ1v) is 11.8. The van der Waals surface area contributed by atoms with E-state index in [1.807, 2.05) is 79.0 Å². The van der Waals surface area contributed by atoms with E-state index in [0.717, 1.165) is 28.7 Å². The molecule has 1 aliphatic heterocycles. The van der Waals surface area contributed by atoms with Crippen LogP contribution in [0.1, 0.15) is 38.3 Å². The molecule has 0 amide bonds. The van der Waals surface area contributed by atoms with E-state index in [2.05, 4.69) is 45.9 Å². The van der Waals surface area contributed by atoms with Crippen molar-refractivity contribution < 1.29 is 9.53 Å². The van der Waals surface area contributed by atoms with E-state index < -0.39 is 5.54 Å². The number of para-hydroxylation sites is 1. The Kier molecular flexibility index (Phi) is 5.27. The lowest BCUT2D eigenvalue weighted by Gasteiger charge is -2.37. The Bertz CT molecular complexity index is 1380. The fraction of sp³-hybridized carbons (Fsp3) is 0.0968. The zero-order chi connectivity index (χ0) is 23.7. The van der Waals surface area contributed by atoms with Crippen molar-refractivity contribution in [3.8, 4) is 5.75 Å². The maximum atomic E-state index is 13.6. The summed E-state index contributed by atoms with van der Waals surface area (Å²) in [6, 6.07) is 36.8. The Hall–Kier alpha value is -4.44. The summed E-state index contributed by atoms with van der Waals surface area (Å²) in [4.78, 5) is 18.2. The number of rotatable bonds is 6. The van der Waals surface area contributed by atoms with Crippen molar-refractivity contribution in [3.05, 3.63) is 155 Å². The van der Waals surface area contributed by atoms with Gasteiger partial charge < -0.3 is 9.30 Å². The molecule has 0 spiro atoms. The van der Waals surface area contributed by atoms with Crippen LogP contribution < -0.4 is 4.74 Å². The molecule has 4 heteroatoms.